The Morgan fingerprint density at radius 3 is 3.12 bits per heavy atom. The second-order valence-corrected chi connectivity index (χ2v) is 4.23. The number of hydrogen-bond acceptors (Lipinski definition) is 3. The molecule has 0 amide bonds. The van der Waals surface area contributed by atoms with Crippen LogP contribution in [0, 0.1) is 0 Å². The molecule has 88 valence electrons. The normalized spacial score (nSPS) is 18.5. The number of nitrogens with two attached hydrogens (primary N) is 1. The van der Waals surface area contributed by atoms with E-state index in [1.165, 1.54) is 5.56 Å². The highest BCUT2D eigenvalue weighted by molar-refractivity contribution is 5.40. The fraction of sp³-hybridized carbons (Fsp3) is 0.308. The Morgan fingerprint density at radius 2 is 2.29 bits per heavy atom. The van der Waals surface area contributed by atoms with Gasteiger partial charge in [-0.25, -0.2) is 4.98 Å². The molecule has 0 bridgehead atoms. The zero-order valence-corrected chi connectivity index (χ0v) is 9.52. The van der Waals surface area contributed by atoms with Crippen LogP contribution in [0.5, 0.6) is 5.75 Å². The Balaban J connectivity index is 1.99. The highest BCUT2D eigenvalue weighted by Crippen LogP contribution is 2.36. The number of hydrogen-bond donors (Lipinski definition) is 2. The lowest BCUT2D eigenvalue weighted by atomic mass is 9.92. The third-order valence-electron chi connectivity index (χ3n) is 3.16. The van der Waals surface area contributed by atoms with Crippen LogP contribution >= 0.6 is 0 Å². The molecule has 1 aromatic carbocycles. The average Bonchev–Trinajstić information content (AvgIpc) is 2.87. The van der Waals surface area contributed by atoms with Gasteiger partial charge in [-0.1, -0.05) is 18.2 Å². The van der Waals surface area contributed by atoms with Crippen LogP contribution in [-0.4, -0.2) is 16.6 Å². The quantitative estimate of drug-likeness (QED) is 0.825. The SMILES string of the molecule is NCc1cnc(C2CCOc3ccccc32)[nH]1. The molecule has 0 saturated carbocycles. The van der Waals surface area contributed by atoms with E-state index in [0.29, 0.717) is 12.5 Å². The highest BCUT2D eigenvalue weighted by atomic mass is 16.5. The molecule has 1 aromatic heterocycles. The van der Waals surface area contributed by atoms with Crippen LogP contribution in [0.15, 0.2) is 30.5 Å². The lowest BCUT2D eigenvalue weighted by Gasteiger charge is -2.24. The van der Waals surface area contributed by atoms with Crippen molar-refractivity contribution in [3.8, 4) is 5.75 Å². The summed E-state index contributed by atoms with van der Waals surface area (Å²) in [5.41, 5.74) is 7.77. The molecular formula is C13H15N3O. The van der Waals surface area contributed by atoms with Crippen LogP contribution < -0.4 is 10.5 Å². The van der Waals surface area contributed by atoms with Crippen molar-refractivity contribution in [3.05, 3.63) is 47.5 Å². The molecule has 4 heteroatoms. The Morgan fingerprint density at radius 1 is 1.41 bits per heavy atom. The first-order chi connectivity index (χ1) is 8.38. The van der Waals surface area contributed by atoms with E-state index in [1.807, 2.05) is 24.4 Å². The van der Waals surface area contributed by atoms with Crippen molar-refractivity contribution < 1.29 is 4.74 Å². The van der Waals surface area contributed by atoms with Gasteiger partial charge in [-0.15, -0.1) is 0 Å². The summed E-state index contributed by atoms with van der Waals surface area (Å²) in [6.07, 6.45) is 2.77. The van der Waals surface area contributed by atoms with Crippen molar-refractivity contribution in [2.45, 2.75) is 18.9 Å². The molecule has 4 nitrogen and oxygen atoms in total. The predicted octanol–water partition coefficient (Wildman–Crippen LogP) is 1.78. The standard InChI is InChI=1S/C13H15N3O/c14-7-9-8-15-13(16-9)11-5-6-17-12-4-2-1-3-10(11)12/h1-4,8,11H,5-7,14H2,(H,15,16). The van der Waals surface area contributed by atoms with E-state index in [1.54, 1.807) is 0 Å². The molecular weight excluding hydrogens is 214 g/mol. The van der Waals surface area contributed by atoms with E-state index in [2.05, 4.69) is 16.0 Å². The molecule has 1 unspecified atom stereocenters. The zero-order chi connectivity index (χ0) is 11.7. The van der Waals surface area contributed by atoms with Gasteiger partial charge in [-0.05, 0) is 12.5 Å². The fourth-order valence-electron chi connectivity index (χ4n) is 2.28. The number of nitrogens with one attached hydrogen (secondary N) is 1. The maximum absolute atomic E-state index is 5.64. The fourth-order valence-corrected chi connectivity index (χ4v) is 2.28. The summed E-state index contributed by atoms with van der Waals surface area (Å²) >= 11 is 0. The number of para-hydroxylation sites is 1. The molecule has 2 heterocycles. The monoisotopic (exact) mass is 229 g/mol. The predicted molar refractivity (Wildman–Crippen MR) is 64.9 cm³/mol. The number of imidazole rings is 1. The van der Waals surface area contributed by atoms with Gasteiger partial charge in [0.15, 0.2) is 0 Å². The number of aromatic nitrogens is 2. The van der Waals surface area contributed by atoms with Gasteiger partial charge in [-0.2, -0.15) is 0 Å². The Labute approximate surface area is 99.8 Å². The first kappa shape index (κ1) is 10.4. The molecule has 3 N–H and O–H groups in total. The number of H-pyrrole nitrogens is 1. The minimum Gasteiger partial charge on any atom is -0.493 e. The van der Waals surface area contributed by atoms with E-state index >= 15 is 0 Å². The summed E-state index contributed by atoms with van der Waals surface area (Å²) in [7, 11) is 0. The molecule has 3 rings (SSSR count). The summed E-state index contributed by atoms with van der Waals surface area (Å²) < 4.78 is 5.64. The van der Waals surface area contributed by atoms with Crippen molar-refractivity contribution in [1.29, 1.82) is 0 Å². The number of nitrogens with zero attached hydrogens (tertiary/aromatic N) is 1. The average molecular weight is 229 g/mol. The molecule has 17 heavy (non-hydrogen) atoms. The van der Waals surface area contributed by atoms with Crippen molar-refractivity contribution >= 4 is 0 Å². The van der Waals surface area contributed by atoms with E-state index in [0.717, 1.165) is 30.3 Å². The Bertz CT molecular complexity index is 521. The molecule has 2 aromatic rings. The second kappa shape index (κ2) is 4.22. The summed E-state index contributed by atoms with van der Waals surface area (Å²) in [6.45, 7) is 1.23. The van der Waals surface area contributed by atoms with Crippen LogP contribution in [-0.2, 0) is 6.54 Å². The molecule has 0 radical (unpaired) electrons. The van der Waals surface area contributed by atoms with Crippen LogP contribution in [0.4, 0.5) is 0 Å². The van der Waals surface area contributed by atoms with E-state index in [-0.39, 0.29) is 0 Å². The van der Waals surface area contributed by atoms with Crippen LogP contribution in [0.1, 0.15) is 29.4 Å². The number of fused-ring (bicyclic) bond motifs is 1. The summed E-state index contributed by atoms with van der Waals surface area (Å²) in [5, 5.41) is 0. The van der Waals surface area contributed by atoms with Crippen LogP contribution in [0.2, 0.25) is 0 Å². The maximum Gasteiger partial charge on any atom is 0.123 e. The summed E-state index contributed by atoms with van der Waals surface area (Å²) in [6, 6.07) is 8.14. The van der Waals surface area contributed by atoms with Crippen LogP contribution in [0.25, 0.3) is 0 Å². The molecule has 0 spiro atoms. The molecule has 1 aliphatic heterocycles. The number of aromatic amines is 1. The zero-order valence-electron chi connectivity index (χ0n) is 9.52. The first-order valence-electron chi connectivity index (χ1n) is 5.84. The lowest BCUT2D eigenvalue weighted by Crippen LogP contribution is -2.16. The molecule has 1 aliphatic rings. The van der Waals surface area contributed by atoms with Gasteiger partial charge in [0.2, 0.25) is 0 Å². The summed E-state index contributed by atoms with van der Waals surface area (Å²) in [5.74, 6) is 2.25. The molecule has 0 fully saturated rings. The van der Waals surface area contributed by atoms with Crippen LogP contribution in [0.3, 0.4) is 0 Å². The molecule has 1 atom stereocenters. The Hall–Kier alpha value is -1.81. The van der Waals surface area contributed by atoms with Crippen molar-refractivity contribution in [2.75, 3.05) is 6.61 Å². The Kier molecular flexibility index (Phi) is 2.57. The lowest BCUT2D eigenvalue weighted by molar-refractivity contribution is 0.274. The van der Waals surface area contributed by atoms with E-state index in [9.17, 15) is 0 Å². The van der Waals surface area contributed by atoms with Crippen molar-refractivity contribution in [3.63, 3.8) is 0 Å². The van der Waals surface area contributed by atoms with Gasteiger partial charge in [-0.3, -0.25) is 0 Å². The van der Waals surface area contributed by atoms with Gasteiger partial charge in [0, 0.05) is 29.9 Å². The smallest absolute Gasteiger partial charge is 0.123 e. The van der Waals surface area contributed by atoms with Gasteiger partial charge in [0.25, 0.3) is 0 Å². The second-order valence-electron chi connectivity index (χ2n) is 4.23. The highest BCUT2D eigenvalue weighted by Gasteiger charge is 2.24. The van der Waals surface area contributed by atoms with Gasteiger partial charge in [0.1, 0.15) is 11.6 Å². The van der Waals surface area contributed by atoms with Crippen molar-refractivity contribution in [1.82, 2.24) is 9.97 Å². The van der Waals surface area contributed by atoms with Crippen molar-refractivity contribution in [2.24, 2.45) is 5.73 Å². The largest absolute Gasteiger partial charge is 0.493 e. The minimum atomic E-state index is 0.292. The van der Waals surface area contributed by atoms with E-state index < -0.39 is 0 Å². The number of ether oxygens (including phenoxy) is 1. The summed E-state index contributed by atoms with van der Waals surface area (Å²) in [4.78, 5) is 7.70. The van der Waals surface area contributed by atoms with Gasteiger partial charge >= 0.3 is 0 Å². The van der Waals surface area contributed by atoms with E-state index in [4.69, 9.17) is 10.5 Å². The maximum atomic E-state index is 5.64. The first-order valence-corrected chi connectivity index (χ1v) is 5.84. The third kappa shape index (κ3) is 1.80. The number of benzene rings is 1. The van der Waals surface area contributed by atoms with Gasteiger partial charge < -0.3 is 15.5 Å². The number of rotatable bonds is 2. The topological polar surface area (TPSA) is 63.9 Å². The minimum absolute atomic E-state index is 0.292. The third-order valence-corrected chi connectivity index (χ3v) is 3.16. The van der Waals surface area contributed by atoms with Gasteiger partial charge in [0.05, 0.1) is 6.61 Å². The molecule has 0 aliphatic carbocycles. The molecule has 0 saturated heterocycles.